The summed E-state index contributed by atoms with van der Waals surface area (Å²) < 4.78 is 3.26. The molecule has 0 aliphatic rings. The number of imidazole rings is 1. The zero-order chi connectivity index (χ0) is 15.0. The Balaban J connectivity index is 2.30. The molecule has 0 amide bonds. The first-order valence-corrected chi connectivity index (χ1v) is 8.23. The molecule has 21 heavy (non-hydrogen) atoms. The van der Waals surface area contributed by atoms with Gasteiger partial charge in [-0.05, 0) is 43.7 Å². The fourth-order valence-electron chi connectivity index (χ4n) is 2.68. The van der Waals surface area contributed by atoms with Crippen LogP contribution in [0.3, 0.4) is 0 Å². The Morgan fingerprint density at radius 2 is 1.95 bits per heavy atom. The summed E-state index contributed by atoms with van der Waals surface area (Å²) >= 11 is 9.47. The van der Waals surface area contributed by atoms with E-state index < -0.39 is 0 Å². The lowest BCUT2D eigenvalue weighted by Crippen LogP contribution is -2.04. The van der Waals surface area contributed by atoms with Gasteiger partial charge in [-0.2, -0.15) is 0 Å². The van der Waals surface area contributed by atoms with Crippen LogP contribution in [0, 0.1) is 13.8 Å². The maximum atomic E-state index is 5.96. The predicted octanol–water partition coefficient (Wildman–Crippen LogP) is 5.19. The van der Waals surface area contributed by atoms with Gasteiger partial charge in [0, 0.05) is 16.8 Å². The molecule has 0 N–H and O–H groups in total. The summed E-state index contributed by atoms with van der Waals surface area (Å²) in [7, 11) is 0. The van der Waals surface area contributed by atoms with E-state index in [9.17, 15) is 0 Å². The summed E-state index contributed by atoms with van der Waals surface area (Å²) in [5.74, 6) is 1.57. The highest BCUT2D eigenvalue weighted by Gasteiger charge is 2.14. The van der Waals surface area contributed by atoms with E-state index in [1.165, 1.54) is 16.8 Å². The molecule has 0 unspecified atom stereocenters. The molecule has 0 fully saturated rings. The van der Waals surface area contributed by atoms with E-state index in [1.54, 1.807) is 0 Å². The summed E-state index contributed by atoms with van der Waals surface area (Å²) in [5.41, 5.74) is 5.79. The molecule has 3 aromatic rings. The van der Waals surface area contributed by atoms with Crippen molar-refractivity contribution in [1.29, 1.82) is 0 Å². The highest BCUT2D eigenvalue weighted by Crippen LogP contribution is 2.27. The SMILES string of the molecule is Cc1ccc(-n2c(CCCl)nc3cc(Br)ccc32)c(C)c1. The number of benzene rings is 2. The number of halogens is 2. The number of alkyl halides is 1. The fourth-order valence-corrected chi connectivity index (χ4v) is 3.20. The van der Waals surface area contributed by atoms with Gasteiger partial charge in [0.2, 0.25) is 0 Å². The molecular weight excluding hydrogens is 348 g/mol. The molecule has 1 heterocycles. The van der Waals surface area contributed by atoms with Crippen LogP contribution in [0.15, 0.2) is 40.9 Å². The Hall–Kier alpha value is -1.32. The van der Waals surface area contributed by atoms with Crippen LogP contribution < -0.4 is 0 Å². The quantitative estimate of drug-likeness (QED) is 0.586. The molecule has 0 saturated carbocycles. The van der Waals surface area contributed by atoms with Crippen LogP contribution in [0.2, 0.25) is 0 Å². The third-order valence-electron chi connectivity index (χ3n) is 3.60. The minimum Gasteiger partial charge on any atom is -0.296 e. The van der Waals surface area contributed by atoms with Gasteiger partial charge in [-0.25, -0.2) is 4.98 Å². The van der Waals surface area contributed by atoms with Crippen LogP contribution in [0.25, 0.3) is 16.7 Å². The van der Waals surface area contributed by atoms with E-state index in [4.69, 9.17) is 16.6 Å². The normalized spacial score (nSPS) is 11.2. The second-order valence-electron chi connectivity index (χ2n) is 5.23. The van der Waals surface area contributed by atoms with E-state index in [2.05, 4.69) is 64.7 Å². The molecule has 0 saturated heterocycles. The highest BCUT2D eigenvalue weighted by molar-refractivity contribution is 9.10. The first kappa shape index (κ1) is 14.6. The Bertz CT molecular complexity index is 808. The van der Waals surface area contributed by atoms with Crippen molar-refractivity contribution in [2.45, 2.75) is 20.3 Å². The van der Waals surface area contributed by atoms with Crippen LogP contribution >= 0.6 is 27.5 Å². The monoisotopic (exact) mass is 362 g/mol. The summed E-state index contributed by atoms with van der Waals surface area (Å²) in [5, 5.41) is 0. The second-order valence-corrected chi connectivity index (χ2v) is 6.52. The summed E-state index contributed by atoms with van der Waals surface area (Å²) in [4.78, 5) is 4.75. The molecule has 0 atom stereocenters. The molecule has 108 valence electrons. The standard InChI is InChI=1S/C17H16BrClN2/c1-11-3-5-15(12(2)9-11)21-16-6-4-13(18)10-14(16)20-17(21)7-8-19/h3-6,9-10H,7-8H2,1-2H3. The molecule has 1 aromatic heterocycles. The number of fused-ring (bicyclic) bond motifs is 1. The molecule has 0 spiro atoms. The van der Waals surface area contributed by atoms with Gasteiger partial charge in [0.05, 0.1) is 16.7 Å². The first-order valence-electron chi connectivity index (χ1n) is 6.90. The maximum Gasteiger partial charge on any atom is 0.115 e. The summed E-state index contributed by atoms with van der Waals surface area (Å²) in [6.45, 7) is 4.25. The van der Waals surface area contributed by atoms with Crippen molar-refractivity contribution >= 4 is 38.6 Å². The lowest BCUT2D eigenvalue weighted by molar-refractivity contribution is 0.906. The number of aromatic nitrogens is 2. The number of hydrogen-bond donors (Lipinski definition) is 0. The number of rotatable bonds is 3. The fraction of sp³-hybridized carbons (Fsp3) is 0.235. The van der Waals surface area contributed by atoms with Crippen LogP contribution in [0.4, 0.5) is 0 Å². The molecule has 2 aromatic carbocycles. The molecule has 0 radical (unpaired) electrons. The van der Waals surface area contributed by atoms with E-state index in [0.29, 0.717) is 5.88 Å². The minimum absolute atomic E-state index is 0.565. The zero-order valence-electron chi connectivity index (χ0n) is 12.0. The minimum atomic E-state index is 0.565. The predicted molar refractivity (Wildman–Crippen MR) is 92.7 cm³/mol. The summed E-state index contributed by atoms with van der Waals surface area (Å²) in [6.07, 6.45) is 0.751. The van der Waals surface area contributed by atoms with Gasteiger partial charge in [0.15, 0.2) is 0 Å². The van der Waals surface area contributed by atoms with Crippen molar-refractivity contribution in [3.05, 3.63) is 57.8 Å². The smallest absolute Gasteiger partial charge is 0.115 e. The van der Waals surface area contributed by atoms with Crippen LogP contribution in [0.1, 0.15) is 17.0 Å². The van der Waals surface area contributed by atoms with Gasteiger partial charge in [-0.3, -0.25) is 4.57 Å². The zero-order valence-corrected chi connectivity index (χ0v) is 14.4. The van der Waals surface area contributed by atoms with Crippen molar-refractivity contribution in [3.63, 3.8) is 0 Å². The molecule has 0 aliphatic carbocycles. The maximum absolute atomic E-state index is 5.96. The third kappa shape index (κ3) is 2.72. The van der Waals surface area contributed by atoms with Gasteiger partial charge in [-0.1, -0.05) is 33.6 Å². The van der Waals surface area contributed by atoms with Crippen LogP contribution in [-0.4, -0.2) is 15.4 Å². The van der Waals surface area contributed by atoms with Crippen molar-refractivity contribution in [3.8, 4) is 5.69 Å². The first-order chi connectivity index (χ1) is 10.1. The van der Waals surface area contributed by atoms with E-state index in [0.717, 1.165) is 27.8 Å². The van der Waals surface area contributed by atoms with Crippen molar-refractivity contribution in [2.24, 2.45) is 0 Å². The lowest BCUT2D eigenvalue weighted by atomic mass is 10.1. The van der Waals surface area contributed by atoms with Gasteiger partial charge in [0.25, 0.3) is 0 Å². The topological polar surface area (TPSA) is 17.8 Å². The largest absolute Gasteiger partial charge is 0.296 e. The van der Waals surface area contributed by atoms with Gasteiger partial charge >= 0.3 is 0 Å². The molecule has 0 aliphatic heterocycles. The molecule has 2 nitrogen and oxygen atoms in total. The molecule has 0 bridgehead atoms. The Labute approximate surface area is 137 Å². The van der Waals surface area contributed by atoms with E-state index in [-0.39, 0.29) is 0 Å². The number of hydrogen-bond acceptors (Lipinski definition) is 1. The molecular formula is C17H16BrClN2. The van der Waals surface area contributed by atoms with Crippen LogP contribution in [0.5, 0.6) is 0 Å². The van der Waals surface area contributed by atoms with Gasteiger partial charge < -0.3 is 0 Å². The second kappa shape index (κ2) is 5.82. The van der Waals surface area contributed by atoms with Gasteiger partial charge in [-0.15, -0.1) is 11.6 Å². The highest BCUT2D eigenvalue weighted by atomic mass is 79.9. The molecule has 3 rings (SSSR count). The summed E-state index contributed by atoms with van der Waals surface area (Å²) in [6, 6.07) is 12.7. The Morgan fingerprint density at radius 1 is 1.14 bits per heavy atom. The van der Waals surface area contributed by atoms with Crippen LogP contribution in [-0.2, 0) is 6.42 Å². The third-order valence-corrected chi connectivity index (χ3v) is 4.28. The number of nitrogens with zero attached hydrogens (tertiary/aromatic N) is 2. The van der Waals surface area contributed by atoms with Crippen molar-refractivity contribution in [1.82, 2.24) is 9.55 Å². The average molecular weight is 364 g/mol. The van der Waals surface area contributed by atoms with E-state index in [1.807, 2.05) is 6.07 Å². The van der Waals surface area contributed by atoms with Crippen molar-refractivity contribution < 1.29 is 0 Å². The lowest BCUT2D eigenvalue weighted by Gasteiger charge is -2.12. The average Bonchev–Trinajstić information content (AvgIpc) is 2.76. The van der Waals surface area contributed by atoms with E-state index >= 15 is 0 Å². The Kier molecular flexibility index (Phi) is 4.05. The number of aryl methyl sites for hydroxylation is 3. The van der Waals surface area contributed by atoms with Crippen molar-refractivity contribution in [2.75, 3.05) is 5.88 Å². The van der Waals surface area contributed by atoms with Gasteiger partial charge in [0.1, 0.15) is 5.82 Å². The Morgan fingerprint density at radius 3 is 2.67 bits per heavy atom. The molecule has 4 heteroatoms.